The highest BCUT2D eigenvalue weighted by molar-refractivity contribution is 5.95. The Morgan fingerprint density at radius 3 is 2.55 bits per heavy atom. The molecule has 3 aliphatic rings. The maximum absolute atomic E-state index is 12.9. The first-order valence-electron chi connectivity index (χ1n) is 12.7. The van der Waals surface area contributed by atoms with Crippen molar-refractivity contribution in [3.8, 4) is 0 Å². The number of fused-ring (bicyclic) bond motifs is 1. The lowest BCUT2D eigenvalue weighted by Crippen LogP contribution is -2.41. The molecule has 0 amide bonds. The predicted octanol–water partition coefficient (Wildman–Crippen LogP) is 6.16. The molecule has 1 aromatic rings. The van der Waals surface area contributed by atoms with Crippen molar-refractivity contribution in [2.75, 3.05) is 11.9 Å². The molecule has 1 unspecified atom stereocenters. The van der Waals surface area contributed by atoms with E-state index in [0.717, 1.165) is 41.9 Å². The third kappa shape index (κ3) is 4.91. The number of hydrogen-bond donors (Lipinski definition) is 1. The highest BCUT2D eigenvalue weighted by Gasteiger charge is 2.40. The van der Waals surface area contributed by atoms with Crippen LogP contribution in [0.3, 0.4) is 0 Å². The molecule has 6 heteroatoms. The summed E-state index contributed by atoms with van der Waals surface area (Å²) in [6.07, 6.45) is 11.1. The van der Waals surface area contributed by atoms with Gasteiger partial charge in [-0.1, -0.05) is 33.1 Å². The molecule has 0 radical (unpaired) electrons. The van der Waals surface area contributed by atoms with Crippen molar-refractivity contribution in [1.29, 1.82) is 0 Å². The van der Waals surface area contributed by atoms with Gasteiger partial charge in [0, 0.05) is 12.0 Å². The molecule has 182 valence electrons. The van der Waals surface area contributed by atoms with E-state index in [1.54, 1.807) is 0 Å². The molecular formula is C27H41N3O3. The number of anilines is 1. The maximum Gasteiger partial charge on any atom is 0.332 e. The van der Waals surface area contributed by atoms with Gasteiger partial charge in [0.05, 0.1) is 29.5 Å². The van der Waals surface area contributed by atoms with Crippen LogP contribution in [0.4, 0.5) is 5.82 Å². The van der Waals surface area contributed by atoms with Crippen molar-refractivity contribution in [1.82, 2.24) is 9.78 Å². The second kappa shape index (κ2) is 8.94. The van der Waals surface area contributed by atoms with Crippen LogP contribution in [0.2, 0.25) is 0 Å². The van der Waals surface area contributed by atoms with Gasteiger partial charge >= 0.3 is 5.97 Å². The highest BCUT2D eigenvalue weighted by atomic mass is 16.5. The Kier molecular flexibility index (Phi) is 6.51. The first kappa shape index (κ1) is 24.1. The lowest BCUT2D eigenvalue weighted by Gasteiger charge is -2.41. The summed E-state index contributed by atoms with van der Waals surface area (Å²) in [6, 6.07) is -0.160. The van der Waals surface area contributed by atoms with Gasteiger partial charge in [0.15, 0.2) is 0 Å². The minimum Gasteiger partial charge on any atom is -0.464 e. The molecule has 33 heavy (non-hydrogen) atoms. The minimum atomic E-state index is -0.526. The summed E-state index contributed by atoms with van der Waals surface area (Å²) in [5.41, 5.74) is 3.89. The Morgan fingerprint density at radius 2 is 1.94 bits per heavy atom. The van der Waals surface area contributed by atoms with E-state index in [0.29, 0.717) is 12.6 Å². The molecule has 0 saturated heterocycles. The second-order valence-corrected chi connectivity index (χ2v) is 11.3. The maximum atomic E-state index is 12.9. The number of carbonyl (C=O) groups excluding carboxylic acids is 1. The van der Waals surface area contributed by atoms with E-state index in [2.05, 4.69) is 63.7 Å². The van der Waals surface area contributed by atoms with E-state index < -0.39 is 6.04 Å². The third-order valence-electron chi connectivity index (χ3n) is 6.86. The van der Waals surface area contributed by atoms with Crippen molar-refractivity contribution < 1.29 is 14.3 Å². The Labute approximate surface area is 198 Å². The molecule has 1 N–H and O–H groups in total. The van der Waals surface area contributed by atoms with E-state index in [4.69, 9.17) is 14.6 Å². The topological polar surface area (TPSA) is 65.4 Å². The summed E-state index contributed by atoms with van der Waals surface area (Å²) in [7, 11) is 0. The standard InChI is InChI=1S/C27H41N3O3/c1-8-32-25(31)21-14-20(18-15-26(4,5)33-27(6,7)16-18)22-23(17(2)3)29-30(24(22)28-21)19-12-10-9-11-13-19/h14-15,17,19,21,28H,8-13,16H2,1-7H3. The van der Waals surface area contributed by atoms with Gasteiger partial charge in [-0.25, -0.2) is 9.48 Å². The number of carbonyl (C=O) groups is 1. The van der Waals surface area contributed by atoms with E-state index in [1.165, 1.54) is 24.8 Å². The Bertz CT molecular complexity index is 962. The number of hydrogen-bond acceptors (Lipinski definition) is 5. The second-order valence-electron chi connectivity index (χ2n) is 11.3. The molecule has 1 saturated carbocycles. The van der Waals surface area contributed by atoms with Gasteiger partial charge in [-0.05, 0) is 76.7 Å². The van der Waals surface area contributed by atoms with Crippen molar-refractivity contribution in [2.24, 2.45) is 0 Å². The largest absolute Gasteiger partial charge is 0.464 e. The van der Waals surface area contributed by atoms with Crippen LogP contribution in [0, 0.1) is 0 Å². The van der Waals surface area contributed by atoms with Gasteiger partial charge < -0.3 is 14.8 Å². The highest BCUT2D eigenvalue weighted by Crippen LogP contribution is 2.47. The number of rotatable bonds is 5. The average molecular weight is 456 g/mol. The monoisotopic (exact) mass is 455 g/mol. The summed E-state index contributed by atoms with van der Waals surface area (Å²) in [5.74, 6) is 1.01. The SMILES string of the molecule is CCOC(=O)C1C=C(C2=CC(C)(C)OC(C)(C)C2)c2c(C(C)C)nn(C3CCCCC3)c2N1. The van der Waals surface area contributed by atoms with Crippen molar-refractivity contribution in [2.45, 2.75) is 116 Å². The van der Waals surface area contributed by atoms with Crippen LogP contribution in [0.25, 0.3) is 5.57 Å². The van der Waals surface area contributed by atoms with Gasteiger partial charge in [-0.2, -0.15) is 5.10 Å². The molecule has 1 atom stereocenters. The van der Waals surface area contributed by atoms with Gasteiger partial charge in [0.25, 0.3) is 0 Å². The fourth-order valence-electron chi connectivity index (χ4n) is 5.80. The normalized spacial score (nSPS) is 24.5. The lowest BCUT2D eigenvalue weighted by atomic mass is 9.81. The summed E-state index contributed by atoms with van der Waals surface area (Å²) < 4.78 is 14.0. The van der Waals surface area contributed by atoms with Crippen LogP contribution in [-0.4, -0.2) is 39.6 Å². The van der Waals surface area contributed by atoms with Crippen molar-refractivity contribution in [3.63, 3.8) is 0 Å². The minimum absolute atomic E-state index is 0.241. The van der Waals surface area contributed by atoms with Crippen molar-refractivity contribution in [3.05, 3.63) is 29.0 Å². The number of nitrogens with one attached hydrogen (secondary N) is 1. The summed E-state index contributed by atoms with van der Waals surface area (Å²) in [6.45, 7) is 15.1. The predicted molar refractivity (Wildman–Crippen MR) is 132 cm³/mol. The van der Waals surface area contributed by atoms with Gasteiger partial charge in [0.2, 0.25) is 0 Å². The summed E-state index contributed by atoms with van der Waals surface area (Å²) in [4.78, 5) is 12.9. The van der Waals surface area contributed by atoms with E-state index in [1.807, 2.05) is 6.92 Å². The fraction of sp³-hybridized carbons (Fsp3) is 0.704. The molecule has 1 aliphatic carbocycles. The molecule has 3 heterocycles. The molecule has 1 fully saturated rings. The quantitative estimate of drug-likeness (QED) is 0.539. The first-order valence-corrected chi connectivity index (χ1v) is 12.7. The fourth-order valence-corrected chi connectivity index (χ4v) is 5.80. The molecule has 1 aromatic heterocycles. The van der Waals surface area contributed by atoms with Crippen LogP contribution in [-0.2, 0) is 14.3 Å². The van der Waals surface area contributed by atoms with Crippen LogP contribution in [0.1, 0.15) is 110 Å². The summed E-state index contributed by atoms with van der Waals surface area (Å²) in [5, 5.41) is 8.70. The lowest BCUT2D eigenvalue weighted by molar-refractivity contribution is -0.142. The molecular weight excluding hydrogens is 414 g/mol. The molecule has 0 aromatic carbocycles. The van der Waals surface area contributed by atoms with E-state index in [9.17, 15) is 4.79 Å². The zero-order valence-corrected chi connectivity index (χ0v) is 21.5. The van der Waals surface area contributed by atoms with Crippen LogP contribution in [0.15, 0.2) is 17.7 Å². The Morgan fingerprint density at radius 1 is 1.24 bits per heavy atom. The van der Waals surface area contributed by atoms with Crippen molar-refractivity contribution >= 4 is 17.4 Å². The first-order chi connectivity index (χ1) is 15.5. The summed E-state index contributed by atoms with van der Waals surface area (Å²) >= 11 is 0. The smallest absolute Gasteiger partial charge is 0.332 e. The van der Waals surface area contributed by atoms with Crippen LogP contribution in [0.5, 0.6) is 0 Å². The molecule has 0 spiro atoms. The molecule has 6 nitrogen and oxygen atoms in total. The van der Waals surface area contributed by atoms with Gasteiger partial charge in [-0.3, -0.25) is 0 Å². The molecule has 2 aliphatic heterocycles. The molecule has 0 bridgehead atoms. The Balaban J connectivity index is 1.89. The van der Waals surface area contributed by atoms with E-state index >= 15 is 0 Å². The van der Waals surface area contributed by atoms with Crippen LogP contribution >= 0.6 is 0 Å². The van der Waals surface area contributed by atoms with Gasteiger partial charge in [-0.15, -0.1) is 0 Å². The molecule has 4 rings (SSSR count). The van der Waals surface area contributed by atoms with E-state index in [-0.39, 0.29) is 23.1 Å². The van der Waals surface area contributed by atoms with Gasteiger partial charge in [0.1, 0.15) is 11.9 Å². The van der Waals surface area contributed by atoms with Crippen LogP contribution < -0.4 is 5.32 Å². The number of allylic oxidation sites excluding steroid dienone is 1. The average Bonchev–Trinajstić information content (AvgIpc) is 3.11. The number of aromatic nitrogens is 2. The Hall–Kier alpha value is -2.08. The number of nitrogens with zero attached hydrogens (tertiary/aromatic N) is 2. The zero-order valence-electron chi connectivity index (χ0n) is 21.5. The third-order valence-corrected chi connectivity index (χ3v) is 6.86. The zero-order chi connectivity index (χ0) is 24.0. The number of esters is 1. The number of ether oxygens (including phenoxy) is 2.